The summed E-state index contributed by atoms with van der Waals surface area (Å²) < 4.78 is 1.91. The summed E-state index contributed by atoms with van der Waals surface area (Å²) in [6, 6.07) is 0. The number of hydrogen-bond acceptors (Lipinski definition) is 5. The molecule has 0 spiro atoms. The van der Waals surface area contributed by atoms with Crippen molar-refractivity contribution in [1.29, 1.82) is 0 Å². The van der Waals surface area contributed by atoms with Crippen molar-refractivity contribution in [3.05, 3.63) is 12.7 Å². The molecule has 0 fully saturated rings. The van der Waals surface area contributed by atoms with Gasteiger partial charge in [-0.1, -0.05) is 6.92 Å². The van der Waals surface area contributed by atoms with Gasteiger partial charge in [-0.2, -0.15) is 0 Å². The molecule has 0 aliphatic heterocycles. The summed E-state index contributed by atoms with van der Waals surface area (Å²) in [5.74, 6) is -0.295. The van der Waals surface area contributed by atoms with Gasteiger partial charge in [-0.25, -0.2) is 15.0 Å². The average Bonchev–Trinajstić information content (AvgIpc) is 2.80. The fraction of sp³-hybridized carbons (Fsp3) is 0.500. The molecule has 0 aliphatic carbocycles. The molecule has 2 heterocycles. The van der Waals surface area contributed by atoms with Crippen molar-refractivity contribution in [1.82, 2.24) is 19.5 Å². The Morgan fingerprint density at radius 3 is 2.79 bits per heavy atom. The standard InChI is InChI=1S/C12H17N5O2/c1-3-5-17(6-9(18)19)12-10-11(13-7-14-12)16(4-2)8-15-10/h7-8H,3-6H2,1-2H3,(H,18,19). The van der Waals surface area contributed by atoms with Gasteiger partial charge in [0, 0.05) is 13.1 Å². The number of carboxylic acids is 1. The SMILES string of the molecule is CCCN(CC(=O)O)c1ncnc2c1ncn2CC. The minimum Gasteiger partial charge on any atom is -0.480 e. The second-order valence-corrected chi connectivity index (χ2v) is 4.22. The van der Waals surface area contributed by atoms with E-state index in [0.717, 1.165) is 18.6 Å². The van der Waals surface area contributed by atoms with Gasteiger partial charge < -0.3 is 14.6 Å². The molecule has 1 N–H and O–H groups in total. The van der Waals surface area contributed by atoms with E-state index in [0.29, 0.717) is 17.9 Å². The number of anilines is 1. The fourth-order valence-electron chi connectivity index (χ4n) is 2.02. The van der Waals surface area contributed by atoms with Crippen molar-refractivity contribution in [2.24, 2.45) is 0 Å². The largest absolute Gasteiger partial charge is 0.480 e. The third kappa shape index (κ3) is 2.64. The molecule has 0 saturated carbocycles. The minimum absolute atomic E-state index is 0.0844. The number of nitrogens with zero attached hydrogens (tertiary/aromatic N) is 5. The number of carboxylic acid groups (broad SMARTS) is 1. The molecule has 0 amide bonds. The van der Waals surface area contributed by atoms with Crippen LogP contribution in [-0.4, -0.2) is 43.7 Å². The normalized spacial score (nSPS) is 10.8. The predicted molar refractivity (Wildman–Crippen MR) is 71.1 cm³/mol. The van der Waals surface area contributed by atoms with E-state index in [1.807, 2.05) is 18.4 Å². The minimum atomic E-state index is -0.880. The summed E-state index contributed by atoms with van der Waals surface area (Å²) in [6.07, 6.45) is 4.00. The van der Waals surface area contributed by atoms with E-state index in [2.05, 4.69) is 15.0 Å². The molecule has 102 valence electrons. The number of hydrogen-bond donors (Lipinski definition) is 1. The molecule has 2 aromatic rings. The second kappa shape index (κ2) is 5.64. The van der Waals surface area contributed by atoms with E-state index in [-0.39, 0.29) is 6.54 Å². The first-order valence-corrected chi connectivity index (χ1v) is 6.30. The summed E-state index contributed by atoms with van der Waals surface area (Å²) in [5.41, 5.74) is 1.39. The number of aliphatic carboxylic acids is 1. The first kappa shape index (κ1) is 13.3. The molecule has 0 radical (unpaired) electrons. The van der Waals surface area contributed by atoms with E-state index in [4.69, 9.17) is 5.11 Å². The van der Waals surface area contributed by atoms with Crippen LogP contribution in [0.25, 0.3) is 11.2 Å². The maximum Gasteiger partial charge on any atom is 0.323 e. The van der Waals surface area contributed by atoms with E-state index >= 15 is 0 Å². The lowest BCUT2D eigenvalue weighted by Crippen LogP contribution is -2.31. The van der Waals surface area contributed by atoms with Gasteiger partial charge >= 0.3 is 5.97 Å². The van der Waals surface area contributed by atoms with Crippen LogP contribution in [0, 0.1) is 0 Å². The smallest absolute Gasteiger partial charge is 0.323 e. The quantitative estimate of drug-likeness (QED) is 0.841. The highest BCUT2D eigenvalue weighted by molar-refractivity contribution is 5.85. The highest BCUT2D eigenvalue weighted by atomic mass is 16.4. The molecular weight excluding hydrogens is 246 g/mol. The molecule has 0 aliphatic rings. The number of aryl methyl sites for hydroxylation is 1. The van der Waals surface area contributed by atoms with Crippen LogP contribution in [0.15, 0.2) is 12.7 Å². The number of fused-ring (bicyclic) bond motifs is 1. The van der Waals surface area contributed by atoms with Crippen LogP contribution < -0.4 is 4.90 Å². The van der Waals surface area contributed by atoms with Crippen LogP contribution in [-0.2, 0) is 11.3 Å². The second-order valence-electron chi connectivity index (χ2n) is 4.22. The van der Waals surface area contributed by atoms with Crippen LogP contribution in [0.1, 0.15) is 20.3 Å². The van der Waals surface area contributed by atoms with Crippen LogP contribution in [0.3, 0.4) is 0 Å². The molecule has 0 aromatic carbocycles. The zero-order valence-electron chi connectivity index (χ0n) is 11.1. The van der Waals surface area contributed by atoms with Crippen LogP contribution in [0.5, 0.6) is 0 Å². The van der Waals surface area contributed by atoms with Gasteiger partial charge in [-0.05, 0) is 13.3 Å². The first-order chi connectivity index (χ1) is 9.17. The van der Waals surface area contributed by atoms with Gasteiger partial charge in [-0.3, -0.25) is 4.79 Å². The van der Waals surface area contributed by atoms with E-state index in [1.165, 1.54) is 6.33 Å². The Balaban J connectivity index is 2.46. The molecule has 0 unspecified atom stereocenters. The van der Waals surface area contributed by atoms with Gasteiger partial charge in [0.1, 0.15) is 12.9 Å². The number of imidazole rings is 1. The van der Waals surface area contributed by atoms with Crippen molar-refractivity contribution in [3.63, 3.8) is 0 Å². The molecule has 0 saturated heterocycles. The van der Waals surface area contributed by atoms with Crippen molar-refractivity contribution >= 4 is 23.0 Å². The first-order valence-electron chi connectivity index (χ1n) is 6.30. The average molecular weight is 263 g/mol. The lowest BCUT2D eigenvalue weighted by Gasteiger charge is -2.20. The maximum atomic E-state index is 10.9. The summed E-state index contributed by atoms with van der Waals surface area (Å²) in [4.78, 5) is 25.4. The Bertz CT molecular complexity index is 581. The molecule has 2 rings (SSSR count). The third-order valence-electron chi connectivity index (χ3n) is 2.84. The lowest BCUT2D eigenvalue weighted by molar-refractivity contribution is -0.135. The Morgan fingerprint density at radius 1 is 1.37 bits per heavy atom. The van der Waals surface area contributed by atoms with Gasteiger partial charge in [-0.15, -0.1) is 0 Å². The number of rotatable bonds is 6. The van der Waals surface area contributed by atoms with E-state index in [9.17, 15) is 4.79 Å². The monoisotopic (exact) mass is 263 g/mol. The zero-order chi connectivity index (χ0) is 13.8. The summed E-state index contributed by atoms with van der Waals surface area (Å²) in [5, 5.41) is 8.98. The predicted octanol–water partition coefficient (Wildman–Crippen LogP) is 1.15. The Morgan fingerprint density at radius 2 is 2.16 bits per heavy atom. The van der Waals surface area contributed by atoms with Crippen LogP contribution in [0.2, 0.25) is 0 Å². The van der Waals surface area contributed by atoms with Crippen molar-refractivity contribution in [2.45, 2.75) is 26.8 Å². The molecular formula is C12H17N5O2. The lowest BCUT2D eigenvalue weighted by atomic mass is 10.3. The number of aromatic nitrogens is 4. The Labute approximate surface area is 110 Å². The molecule has 19 heavy (non-hydrogen) atoms. The van der Waals surface area contributed by atoms with Crippen molar-refractivity contribution in [2.75, 3.05) is 18.0 Å². The Hall–Kier alpha value is -2.18. The summed E-state index contributed by atoms with van der Waals surface area (Å²) >= 11 is 0. The highest BCUT2D eigenvalue weighted by Crippen LogP contribution is 2.21. The van der Waals surface area contributed by atoms with E-state index in [1.54, 1.807) is 11.2 Å². The van der Waals surface area contributed by atoms with Crippen molar-refractivity contribution in [3.8, 4) is 0 Å². The van der Waals surface area contributed by atoms with Gasteiger partial charge in [0.2, 0.25) is 0 Å². The molecule has 7 heteroatoms. The van der Waals surface area contributed by atoms with Crippen LogP contribution in [0.4, 0.5) is 5.82 Å². The summed E-state index contributed by atoms with van der Waals surface area (Å²) in [6.45, 7) is 5.30. The molecule has 7 nitrogen and oxygen atoms in total. The van der Waals surface area contributed by atoms with Crippen molar-refractivity contribution < 1.29 is 9.90 Å². The third-order valence-corrected chi connectivity index (χ3v) is 2.84. The molecule has 0 atom stereocenters. The molecule has 0 bridgehead atoms. The van der Waals surface area contributed by atoms with Gasteiger partial charge in [0.15, 0.2) is 17.0 Å². The van der Waals surface area contributed by atoms with E-state index < -0.39 is 5.97 Å². The van der Waals surface area contributed by atoms with Gasteiger partial charge in [0.05, 0.1) is 6.33 Å². The summed E-state index contributed by atoms with van der Waals surface area (Å²) in [7, 11) is 0. The maximum absolute atomic E-state index is 10.9. The van der Waals surface area contributed by atoms with Gasteiger partial charge in [0.25, 0.3) is 0 Å². The highest BCUT2D eigenvalue weighted by Gasteiger charge is 2.17. The topological polar surface area (TPSA) is 84.1 Å². The number of carbonyl (C=O) groups is 1. The fourth-order valence-corrected chi connectivity index (χ4v) is 2.02. The molecule has 2 aromatic heterocycles. The van der Waals surface area contributed by atoms with Crippen LogP contribution >= 0.6 is 0 Å². The Kier molecular flexibility index (Phi) is 3.94. The zero-order valence-corrected chi connectivity index (χ0v) is 11.1.